The van der Waals surface area contributed by atoms with Crippen LogP contribution in [-0.2, 0) is 4.74 Å². The van der Waals surface area contributed by atoms with Crippen LogP contribution in [0.25, 0.3) is 11.4 Å². The molecule has 102 valence electrons. The first-order valence-corrected chi connectivity index (χ1v) is 7.19. The molecule has 0 saturated carbocycles. The van der Waals surface area contributed by atoms with Gasteiger partial charge in [0.1, 0.15) is 0 Å². The fourth-order valence-corrected chi connectivity index (χ4v) is 2.02. The van der Waals surface area contributed by atoms with Crippen LogP contribution in [0.3, 0.4) is 0 Å². The van der Waals surface area contributed by atoms with Crippen molar-refractivity contribution in [2.75, 3.05) is 20.0 Å². The van der Waals surface area contributed by atoms with E-state index in [-0.39, 0.29) is 6.04 Å². The summed E-state index contributed by atoms with van der Waals surface area (Å²) in [6, 6.07) is 7.72. The number of hydrogen-bond donors (Lipinski definition) is 1. The van der Waals surface area contributed by atoms with E-state index in [9.17, 15) is 0 Å². The Hall–Kier alpha value is -1.37. The van der Waals surface area contributed by atoms with E-state index in [1.54, 1.807) is 18.9 Å². The molecule has 0 bridgehead atoms. The third-order valence-corrected chi connectivity index (χ3v) is 3.48. The molecule has 0 fully saturated rings. The molecule has 19 heavy (non-hydrogen) atoms. The predicted octanol–water partition coefficient (Wildman–Crippen LogP) is 2.49. The molecule has 1 atom stereocenters. The summed E-state index contributed by atoms with van der Waals surface area (Å²) in [4.78, 5) is 5.52. The van der Waals surface area contributed by atoms with E-state index in [4.69, 9.17) is 15.0 Å². The molecule has 0 radical (unpaired) electrons. The second-order valence-electron chi connectivity index (χ2n) is 4.07. The van der Waals surface area contributed by atoms with Crippen LogP contribution in [0.1, 0.15) is 18.4 Å². The Bertz CT molecular complexity index is 513. The fourth-order valence-electron chi connectivity index (χ4n) is 1.61. The van der Waals surface area contributed by atoms with Gasteiger partial charge >= 0.3 is 0 Å². The lowest BCUT2D eigenvalue weighted by atomic mass is 10.2. The number of aromatic nitrogens is 2. The van der Waals surface area contributed by atoms with Crippen LogP contribution < -0.4 is 5.73 Å². The van der Waals surface area contributed by atoms with Crippen molar-refractivity contribution in [1.29, 1.82) is 0 Å². The number of nitrogens with zero attached hydrogens (tertiary/aromatic N) is 2. The van der Waals surface area contributed by atoms with Crippen molar-refractivity contribution >= 4 is 11.8 Å². The number of methoxy groups -OCH3 is 1. The van der Waals surface area contributed by atoms with Crippen LogP contribution >= 0.6 is 11.8 Å². The van der Waals surface area contributed by atoms with E-state index in [1.807, 2.05) is 30.5 Å². The van der Waals surface area contributed by atoms with Crippen LogP contribution in [0.4, 0.5) is 0 Å². The van der Waals surface area contributed by atoms with Gasteiger partial charge in [0.2, 0.25) is 11.7 Å². The van der Waals surface area contributed by atoms with Crippen molar-refractivity contribution < 1.29 is 9.26 Å². The molecule has 0 amide bonds. The summed E-state index contributed by atoms with van der Waals surface area (Å²) in [5, 5.41) is 3.96. The lowest BCUT2D eigenvalue weighted by Gasteiger charge is -2.04. The number of rotatable bonds is 6. The summed E-state index contributed by atoms with van der Waals surface area (Å²) in [6.07, 6.45) is 2.69. The maximum atomic E-state index is 5.94. The Morgan fingerprint density at radius 1 is 1.37 bits per heavy atom. The first-order valence-electron chi connectivity index (χ1n) is 5.97. The molecule has 2 rings (SSSR count). The van der Waals surface area contributed by atoms with Gasteiger partial charge in [-0.1, -0.05) is 5.16 Å². The first-order chi connectivity index (χ1) is 9.24. The molecule has 2 aromatic rings. The van der Waals surface area contributed by atoms with Crippen molar-refractivity contribution in [1.82, 2.24) is 10.1 Å². The molecule has 0 saturated heterocycles. The lowest BCUT2D eigenvalue weighted by Crippen LogP contribution is -2.12. The highest BCUT2D eigenvalue weighted by molar-refractivity contribution is 7.98. The van der Waals surface area contributed by atoms with Gasteiger partial charge in [-0.3, -0.25) is 0 Å². The van der Waals surface area contributed by atoms with Gasteiger partial charge < -0.3 is 15.0 Å². The van der Waals surface area contributed by atoms with Gasteiger partial charge in [0, 0.05) is 24.2 Å². The normalized spacial score (nSPS) is 12.6. The molecule has 0 aliphatic carbocycles. The van der Waals surface area contributed by atoms with Gasteiger partial charge in [-0.15, -0.1) is 11.8 Å². The van der Waals surface area contributed by atoms with E-state index in [1.165, 1.54) is 4.90 Å². The average Bonchev–Trinajstić information content (AvgIpc) is 2.94. The van der Waals surface area contributed by atoms with Crippen molar-refractivity contribution in [3.63, 3.8) is 0 Å². The maximum absolute atomic E-state index is 5.94. The minimum absolute atomic E-state index is 0.285. The molecule has 2 N–H and O–H groups in total. The van der Waals surface area contributed by atoms with E-state index in [0.29, 0.717) is 24.7 Å². The molecule has 1 aromatic heterocycles. The van der Waals surface area contributed by atoms with Crippen LogP contribution in [-0.4, -0.2) is 30.1 Å². The average molecular weight is 279 g/mol. The highest BCUT2D eigenvalue weighted by Gasteiger charge is 2.15. The molecule has 6 heteroatoms. The molecule has 1 aromatic carbocycles. The molecular weight excluding hydrogens is 262 g/mol. The largest absolute Gasteiger partial charge is 0.385 e. The zero-order chi connectivity index (χ0) is 13.7. The Kier molecular flexibility index (Phi) is 4.95. The zero-order valence-electron chi connectivity index (χ0n) is 11.0. The first kappa shape index (κ1) is 14.0. The molecule has 0 aliphatic rings. The maximum Gasteiger partial charge on any atom is 0.243 e. The Morgan fingerprint density at radius 2 is 2.11 bits per heavy atom. The second kappa shape index (κ2) is 6.70. The highest BCUT2D eigenvalue weighted by Crippen LogP contribution is 2.22. The standard InChI is InChI=1S/C13H17N3O2S/c1-17-8-7-11(14)13-15-12(16-18-13)9-3-5-10(19-2)6-4-9/h3-6,11H,7-8,14H2,1-2H3. The van der Waals surface area contributed by atoms with Gasteiger partial charge in [0.15, 0.2) is 0 Å². The Labute approximate surface area is 116 Å². The Balaban J connectivity index is 2.11. The SMILES string of the molecule is COCCC(N)c1nc(-c2ccc(SC)cc2)no1. The molecule has 1 heterocycles. The van der Waals surface area contributed by atoms with Crippen molar-refractivity contribution in [2.24, 2.45) is 5.73 Å². The van der Waals surface area contributed by atoms with Crippen molar-refractivity contribution in [3.8, 4) is 11.4 Å². The molecule has 0 spiro atoms. The lowest BCUT2D eigenvalue weighted by molar-refractivity contribution is 0.182. The van der Waals surface area contributed by atoms with Crippen molar-refractivity contribution in [3.05, 3.63) is 30.2 Å². The van der Waals surface area contributed by atoms with E-state index in [2.05, 4.69) is 10.1 Å². The van der Waals surface area contributed by atoms with Crippen LogP contribution in [0, 0.1) is 0 Å². The zero-order valence-corrected chi connectivity index (χ0v) is 11.8. The highest BCUT2D eigenvalue weighted by atomic mass is 32.2. The fraction of sp³-hybridized carbons (Fsp3) is 0.385. The van der Waals surface area contributed by atoms with Crippen molar-refractivity contribution in [2.45, 2.75) is 17.4 Å². The number of nitrogens with two attached hydrogens (primary N) is 1. The van der Waals surface area contributed by atoms with E-state index >= 15 is 0 Å². The van der Waals surface area contributed by atoms with Gasteiger partial charge in [-0.05, 0) is 36.9 Å². The third kappa shape index (κ3) is 3.56. The summed E-state index contributed by atoms with van der Waals surface area (Å²) in [7, 11) is 1.64. The minimum atomic E-state index is -0.285. The number of benzene rings is 1. The number of ether oxygens (including phenoxy) is 1. The van der Waals surface area contributed by atoms with Gasteiger partial charge in [0.05, 0.1) is 6.04 Å². The van der Waals surface area contributed by atoms with E-state index in [0.717, 1.165) is 5.56 Å². The predicted molar refractivity (Wildman–Crippen MR) is 74.9 cm³/mol. The number of hydrogen-bond acceptors (Lipinski definition) is 6. The summed E-state index contributed by atoms with van der Waals surface area (Å²) in [5.41, 5.74) is 6.86. The monoisotopic (exact) mass is 279 g/mol. The van der Waals surface area contributed by atoms with Gasteiger partial charge in [-0.2, -0.15) is 4.98 Å². The molecular formula is C13H17N3O2S. The summed E-state index contributed by atoms with van der Waals surface area (Å²) in [5.74, 6) is 1.01. The van der Waals surface area contributed by atoms with Gasteiger partial charge in [0.25, 0.3) is 0 Å². The summed E-state index contributed by atoms with van der Waals surface area (Å²) >= 11 is 1.69. The summed E-state index contributed by atoms with van der Waals surface area (Å²) < 4.78 is 10.2. The molecule has 1 unspecified atom stereocenters. The second-order valence-corrected chi connectivity index (χ2v) is 4.95. The van der Waals surface area contributed by atoms with Crippen LogP contribution in [0.2, 0.25) is 0 Å². The minimum Gasteiger partial charge on any atom is -0.385 e. The number of thioether (sulfide) groups is 1. The third-order valence-electron chi connectivity index (χ3n) is 2.74. The quantitative estimate of drug-likeness (QED) is 0.819. The molecule has 5 nitrogen and oxygen atoms in total. The van der Waals surface area contributed by atoms with Crippen LogP contribution in [0.5, 0.6) is 0 Å². The van der Waals surface area contributed by atoms with E-state index < -0.39 is 0 Å². The topological polar surface area (TPSA) is 74.2 Å². The van der Waals surface area contributed by atoms with Crippen LogP contribution in [0.15, 0.2) is 33.7 Å². The Morgan fingerprint density at radius 3 is 2.74 bits per heavy atom. The summed E-state index contributed by atoms with van der Waals surface area (Å²) in [6.45, 7) is 0.571. The van der Waals surface area contributed by atoms with Gasteiger partial charge in [-0.25, -0.2) is 0 Å². The molecule has 0 aliphatic heterocycles. The smallest absolute Gasteiger partial charge is 0.243 e.